The summed E-state index contributed by atoms with van der Waals surface area (Å²) >= 11 is 0. The van der Waals surface area contributed by atoms with Crippen molar-refractivity contribution >= 4 is 5.91 Å². The number of benzene rings is 1. The van der Waals surface area contributed by atoms with Crippen LogP contribution < -0.4 is 15.8 Å². The number of hydrogen-bond acceptors (Lipinski definition) is 3. The van der Waals surface area contributed by atoms with Gasteiger partial charge in [-0.15, -0.1) is 0 Å². The number of ether oxygens (including phenoxy) is 1. The Hall–Kier alpha value is -1.62. The van der Waals surface area contributed by atoms with Crippen molar-refractivity contribution in [3.8, 4) is 5.75 Å². The van der Waals surface area contributed by atoms with Crippen LogP contribution in [0.5, 0.6) is 5.75 Å². The van der Waals surface area contributed by atoms with Gasteiger partial charge in [-0.1, -0.05) is 6.07 Å². The van der Waals surface area contributed by atoms with Crippen molar-refractivity contribution in [1.82, 2.24) is 5.32 Å². The summed E-state index contributed by atoms with van der Waals surface area (Å²) in [5.41, 5.74) is 6.54. The van der Waals surface area contributed by atoms with Gasteiger partial charge in [0.25, 0.3) is 5.91 Å². The van der Waals surface area contributed by atoms with Crippen molar-refractivity contribution in [1.29, 1.82) is 0 Å². The Morgan fingerprint density at radius 3 is 3.00 bits per heavy atom. The molecule has 4 nitrogen and oxygen atoms in total. The Labute approximate surface area is 112 Å². The second-order valence-electron chi connectivity index (χ2n) is 4.86. The molecule has 1 aromatic rings. The molecular formula is C14H19FN2O2. The molecule has 104 valence electrons. The molecule has 1 saturated heterocycles. The largest absolute Gasteiger partial charge is 0.480 e. The van der Waals surface area contributed by atoms with Crippen LogP contribution in [-0.2, 0) is 4.79 Å². The summed E-state index contributed by atoms with van der Waals surface area (Å²) in [6, 6.07) is 3.96. The number of nitrogens with two attached hydrogens (primary N) is 1. The third kappa shape index (κ3) is 3.44. The van der Waals surface area contributed by atoms with E-state index >= 15 is 0 Å². The van der Waals surface area contributed by atoms with Crippen LogP contribution in [0.25, 0.3) is 0 Å². The number of rotatable bonds is 3. The predicted molar refractivity (Wildman–Crippen MR) is 70.3 cm³/mol. The number of carbonyl (C=O) groups excluding carboxylic acids is 1. The lowest BCUT2D eigenvalue weighted by atomic mass is 10.1. The van der Waals surface area contributed by atoms with E-state index in [0.717, 1.165) is 12.8 Å². The van der Waals surface area contributed by atoms with Gasteiger partial charge >= 0.3 is 0 Å². The van der Waals surface area contributed by atoms with Crippen LogP contribution in [0.2, 0.25) is 0 Å². The van der Waals surface area contributed by atoms with Gasteiger partial charge in [0.2, 0.25) is 0 Å². The first-order valence-corrected chi connectivity index (χ1v) is 6.57. The smallest absolute Gasteiger partial charge is 0.261 e. The molecule has 1 aliphatic rings. The first kappa shape index (κ1) is 13.8. The van der Waals surface area contributed by atoms with Gasteiger partial charge in [0.05, 0.1) is 0 Å². The summed E-state index contributed by atoms with van der Waals surface area (Å²) in [6.45, 7) is 2.47. The van der Waals surface area contributed by atoms with E-state index < -0.39 is 11.9 Å². The van der Waals surface area contributed by atoms with Crippen LogP contribution in [0.3, 0.4) is 0 Å². The number of hydrogen-bond donors (Lipinski definition) is 2. The van der Waals surface area contributed by atoms with Gasteiger partial charge in [0.15, 0.2) is 6.10 Å². The van der Waals surface area contributed by atoms with Crippen LogP contribution in [0.15, 0.2) is 18.2 Å². The zero-order valence-electron chi connectivity index (χ0n) is 11.0. The number of carbonyl (C=O) groups is 1. The van der Waals surface area contributed by atoms with Crippen molar-refractivity contribution < 1.29 is 13.9 Å². The molecule has 2 atom stereocenters. The monoisotopic (exact) mass is 266 g/mol. The van der Waals surface area contributed by atoms with E-state index in [9.17, 15) is 9.18 Å². The van der Waals surface area contributed by atoms with Crippen LogP contribution >= 0.6 is 0 Å². The number of halogens is 1. The molecule has 0 spiro atoms. The minimum atomic E-state index is -0.568. The molecule has 1 amide bonds. The van der Waals surface area contributed by atoms with E-state index in [-0.39, 0.29) is 11.9 Å². The van der Waals surface area contributed by atoms with Crippen molar-refractivity contribution in [2.75, 3.05) is 6.54 Å². The zero-order valence-corrected chi connectivity index (χ0v) is 11.0. The third-order valence-electron chi connectivity index (χ3n) is 3.22. The molecule has 19 heavy (non-hydrogen) atoms. The van der Waals surface area contributed by atoms with Gasteiger partial charge in [-0.05, 0) is 32.3 Å². The fourth-order valence-corrected chi connectivity index (χ4v) is 2.16. The van der Waals surface area contributed by atoms with E-state index in [1.165, 1.54) is 12.1 Å². The van der Waals surface area contributed by atoms with Gasteiger partial charge in [-0.25, -0.2) is 4.39 Å². The fraction of sp³-hybridized carbons (Fsp3) is 0.500. The Balaban J connectivity index is 2.21. The maximum Gasteiger partial charge on any atom is 0.261 e. The van der Waals surface area contributed by atoms with Crippen LogP contribution in [0.1, 0.15) is 37.8 Å². The van der Waals surface area contributed by atoms with E-state index in [1.807, 2.05) is 0 Å². The van der Waals surface area contributed by atoms with Crippen molar-refractivity contribution in [3.05, 3.63) is 29.6 Å². The molecule has 1 aliphatic heterocycles. The van der Waals surface area contributed by atoms with Crippen molar-refractivity contribution in [3.63, 3.8) is 0 Å². The van der Waals surface area contributed by atoms with Gasteiger partial charge in [-0.2, -0.15) is 0 Å². The lowest BCUT2D eigenvalue weighted by Gasteiger charge is -2.19. The number of amides is 1. The highest BCUT2D eigenvalue weighted by Crippen LogP contribution is 2.27. The highest BCUT2D eigenvalue weighted by molar-refractivity contribution is 5.81. The minimum absolute atomic E-state index is 0.141. The second kappa shape index (κ2) is 6.02. The zero-order chi connectivity index (χ0) is 13.8. The van der Waals surface area contributed by atoms with E-state index in [4.69, 9.17) is 10.5 Å². The molecule has 0 aromatic heterocycles. The van der Waals surface area contributed by atoms with Crippen LogP contribution in [0, 0.1) is 5.82 Å². The molecule has 0 radical (unpaired) electrons. The maximum absolute atomic E-state index is 13.3. The Bertz CT molecular complexity index is 463. The van der Waals surface area contributed by atoms with Gasteiger partial charge < -0.3 is 15.8 Å². The third-order valence-corrected chi connectivity index (χ3v) is 3.22. The minimum Gasteiger partial charge on any atom is -0.480 e. The molecule has 3 N–H and O–H groups in total. The maximum atomic E-state index is 13.3. The van der Waals surface area contributed by atoms with Gasteiger partial charge in [0, 0.05) is 24.2 Å². The fourth-order valence-electron chi connectivity index (χ4n) is 2.16. The van der Waals surface area contributed by atoms with Crippen molar-refractivity contribution in [2.24, 2.45) is 5.73 Å². The van der Waals surface area contributed by atoms with Gasteiger partial charge in [0.1, 0.15) is 11.6 Å². The second-order valence-corrected chi connectivity index (χ2v) is 4.86. The van der Waals surface area contributed by atoms with E-state index in [2.05, 4.69) is 5.32 Å². The highest BCUT2D eigenvalue weighted by atomic mass is 19.1. The molecule has 1 heterocycles. The summed E-state index contributed by atoms with van der Waals surface area (Å²) in [7, 11) is 0. The average molecular weight is 266 g/mol. The topological polar surface area (TPSA) is 64.3 Å². The average Bonchev–Trinajstić information content (AvgIpc) is 2.55. The molecule has 1 unspecified atom stereocenters. The first-order chi connectivity index (χ1) is 9.08. The SMILES string of the molecule is C[C@@H](N)c1ccc(F)cc1OC1CCCCNC1=O. The summed E-state index contributed by atoms with van der Waals surface area (Å²) in [6.07, 6.45) is 1.92. The molecule has 0 aliphatic carbocycles. The van der Waals surface area contributed by atoms with Crippen LogP contribution in [0.4, 0.5) is 4.39 Å². The quantitative estimate of drug-likeness (QED) is 0.878. The Morgan fingerprint density at radius 2 is 2.26 bits per heavy atom. The Kier molecular flexibility index (Phi) is 4.37. The molecule has 1 fully saturated rings. The lowest BCUT2D eigenvalue weighted by molar-refractivity contribution is -0.127. The predicted octanol–water partition coefficient (Wildman–Crippen LogP) is 1.89. The normalized spacial score (nSPS) is 21.4. The molecule has 0 bridgehead atoms. The summed E-state index contributed by atoms with van der Waals surface area (Å²) < 4.78 is 19.0. The summed E-state index contributed by atoms with van der Waals surface area (Å²) in [4.78, 5) is 11.8. The van der Waals surface area contributed by atoms with Gasteiger partial charge in [-0.3, -0.25) is 4.79 Å². The highest BCUT2D eigenvalue weighted by Gasteiger charge is 2.24. The summed E-state index contributed by atoms with van der Waals surface area (Å²) in [5, 5.41) is 2.79. The standard InChI is InChI=1S/C14H19FN2O2/c1-9(16)11-6-5-10(15)8-13(11)19-12-4-2-3-7-17-14(12)18/h5-6,8-9,12H,2-4,7,16H2,1H3,(H,17,18)/t9-,12?/m1/s1. The first-order valence-electron chi connectivity index (χ1n) is 6.57. The van der Waals surface area contributed by atoms with Crippen LogP contribution in [-0.4, -0.2) is 18.6 Å². The van der Waals surface area contributed by atoms with Crippen molar-refractivity contribution in [2.45, 2.75) is 38.3 Å². The Morgan fingerprint density at radius 1 is 1.47 bits per heavy atom. The number of nitrogens with one attached hydrogen (secondary N) is 1. The summed E-state index contributed by atoms with van der Waals surface area (Å²) in [5.74, 6) is -0.178. The molecule has 0 saturated carbocycles. The van der Waals surface area contributed by atoms with E-state index in [1.54, 1.807) is 13.0 Å². The molecule has 5 heteroatoms. The van der Waals surface area contributed by atoms with E-state index in [0.29, 0.717) is 24.3 Å². The lowest BCUT2D eigenvalue weighted by Crippen LogP contribution is -2.36. The molecule has 2 rings (SSSR count). The molecular weight excluding hydrogens is 247 g/mol. The molecule has 1 aromatic carbocycles.